The number of carbonyl (C=O) groups excluding carboxylic acids is 1. The molecule has 26 heavy (non-hydrogen) atoms. The smallest absolute Gasteiger partial charge is 0.266 e. The van der Waals surface area contributed by atoms with Crippen molar-refractivity contribution in [3.63, 3.8) is 0 Å². The number of benzene rings is 2. The molecule has 1 amide bonds. The molecule has 0 unspecified atom stereocenters. The lowest BCUT2D eigenvalue weighted by Gasteiger charge is -2.08. The van der Waals surface area contributed by atoms with Crippen LogP contribution in [-0.2, 0) is 4.79 Å². The fraction of sp³-hybridized carbons (Fsp3) is 0.0500. The van der Waals surface area contributed by atoms with E-state index < -0.39 is 5.91 Å². The Morgan fingerprint density at radius 2 is 2.00 bits per heavy atom. The van der Waals surface area contributed by atoms with E-state index in [0.29, 0.717) is 15.7 Å². The number of thiazole rings is 1. The predicted octanol–water partition coefficient (Wildman–Crippen LogP) is 5.32. The van der Waals surface area contributed by atoms with Gasteiger partial charge in [0.2, 0.25) is 0 Å². The number of hydrogen-bond acceptors (Lipinski definition) is 4. The summed E-state index contributed by atoms with van der Waals surface area (Å²) < 4.78 is 0. The Morgan fingerprint density at radius 1 is 1.23 bits per heavy atom. The molecule has 0 aliphatic heterocycles. The fourth-order valence-electron chi connectivity index (χ4n) is 2.30. The van der Waals surface area contributed by atoms with Crippen molar-refractivity contribution < 1.29 is 4.79 Å². The zero-order valence-electron chi connectivity index (χ0n) is 13.9. The van der Waals surface area contributed by atoms with E-state index in [4.69, 9.17) is 11.6 Å². The number of nitrogens with one attached hydrogen (secondary N) is 1. The first-order valence-electron chi connectivity index (χ1n) is 7.77. The Morgan fingerprint density at radius 3 is 2.73 bits per heavy atom. The van der Waals surface area contributed by atoms with Crippen molar-refractivity contribution in [2.24, 2.45) is 0 Å². The number of nitriles is 1. The molecule has 0 aliphatic rings. The number of carbonyl (C=O) groups is 1. The number of amides is 1. The number of nitrogens with zero attached hydrogens (tertiary/aromatic N) is 2. The van der Waals surface area contributed by atoms with Crippen LogP contribution in [0.15, 0.2) is 59.5 Å². The Hall–Kier alpha value is -2.94. The SMILES string of the molecule is Cc1c(Cl)cccc1NC(=O)/C(C#N)=C\c1nc(-c2ccccc2)cs1. The third-order valence-electron chi connectivity index (χ3n) is 3.74. The summed E-state index contributed by atoms with van der Waals surface area (Å²) in [5.41, 5.74) is 3.11. The topological polar surface area (TPSA) is 65.8 Å². The highest BCUT2D eigenvalue weighted by Gasteiger charge is 2.13. The van der Waals surface area contributed by atoms with Crippen LogP contribution in [0, 0.1) is 18.3 Å². The highest BCUT2D eigenvalue weighted by Crippen LogP contribution is 2.25. The Bertz CT molecular complexity index is 1020. The summed E-state index contributed by atoms with van der Waals surface area (Å²) in [6.45, 7) is 1.81. The van der Waals surface area contributed by atoms with Gasteiger partial charge in [0, 0.05) is 21.7 Å². The van der Waals surface area contributed by atoms with Crippen LogP contribution < -0.4 is 5.32 Å². The molecule has 2 aromatic carbocycles. The number of halogens is 1. The summed E-state index contributed by atoms with van der Waals surface area (Å²) in [6.07, 6.45) is 1.49. The second-order valence-electron chi connectivity index (χ2n) is 5.47. The van der Waals surface area contributed by atoms with Crippen LogP contribution in [-0.4, -0.2) is 10.9 Å². The molecule has 1 aromatic heterocycles. The number of rotatable bonds is 4. The third-order valence-corrected chi connectivity index (χ3v) is 4.94. The normalized spacial score (nSPS) is 11.0. The van der Waals surface area contributed by atoms with Gasteiger partial charge in [0.25, 0.3) is 5.91 Å². The predicted molar refractivity (Wildman–Crippen MR) is 106 cm³/mol. The van der Waals surface area contributed by atoms with Gasteiger partial charge in [0.1, 0.15) is 16.6 Å². The molecule has 0 spiro atoms. The lowest BCUT2D eigenvalue weighted by atomic mass is 10.2. The Balaban J connectivity index is 1.82. The molecule has 1 N–H and O–H groups in total. The first-order valence-corrected chi connectivity index (χ1v) is 9.03. The van der Waals surface area contributed by atoms with Crippen LogP contribution in [0.5, 0.6) is 0 Å². The molecule has 1 heterocycles. The second-order valence-corrected chi connectivity index (χ2v) is 6.77. The van der Waals surface area contributed by atoms with E-state index in [1.807, 2.05) is 41.8 Å². The van der Waals surface area contributed by atoms with Gasteiger partial charge in [-0.05, 0) is 30.7 Å². The zero-order valence-corrected chi connectivity index (χ0v) is 15.4. The highest BCUT2D eigenvalue weighted by molar-refractivity contribution is 7.10. The minimum Gasteiger partial charge on any atom is -0.321 e. The van der Waals surface area contributed by atoms with E-state index in [-0.39, 0.29) is 5.57 Å². The summed E-state index contributed by atoms with van der Waals surface area (Å²) >= 11 is 7.44. The van der Waals surface area contributed by atoms with Crippen molar-refractivity contribution in [2.45, 2.75) is 6.92 Å². The molecule has 0 bridgehead atoms. The molecule has 0 saturated heterocycles. The first-order chi connectivity index (χ1) is 12.6. The Labute approximate surface area is 160 Å². The number of anilines is 1. The van der Waals surface area contributed by atoms with Crippen molar-refractivity contribution in [1.82, 2.24) is 4.98 Å². The molecule has 6 heteroatoms. The number of aromatic nitrogens is 1. The fourth-order valence-corrected chi connectivity index (χ4v) is 3.23. The van der Waals surface area contributed by atoms with Gasteiger partial charge < -0.3 is 5.32 Å². The molecule has 4 nitrogen and oxygen atoms in total. The van der Waals surface area contributed by atoms with Gasteiger partial charge in [-0.15, -0.1) is 11.3 Å². The van der Waals surface area contributed by atoms with Crippen molar-refractivity contribution >= 4 is 40.6 Å². The van der Waals surface area contributed by atoms with Crippen LogP contribution in [0.25, 0.3) is 17.3 Å². The quantitative estimate of drug-likeness (QED) is 0.493. The van der Waals surface area contributed by atoms with E-state index >= 15 is 0 Å². The van der Waals surface area contributed by atoms with Crippen LogP contribution in [0.2, 0.25) is 5.02 Å². The maximum absolute atomic E-state index is 12.4. The minimum absolute atomic E-state index is 0.0154. The molecule has 0 fully saturated rings. The zero-order chi connectivity index (χ0) is 18.5. The lowest BCUT2D eigenvalue weighted by Crippen LogP contribution is -2.14. The van der Waals surface area contributed by atoms with Gasteiger partial charge >= 0.3 is 0 Å². The molecule has 0 atom stereocenters. The summed E-state index contributed by atoms with van der Waals surface area (Å²) in [4.78, 5) is 16.9. The number of hydrogen-bond donors (Lipinski definition) is 1. The summed E-state index contributed by atoms with van der Waals surface area (Å²) in [5.74, 6) is -0.491. The van der Waals surface area contributed by atoms with Crippen LogP contribution in [0.1, 0.15) is 10.6 Å². The van der Waals surface area contributed by atoms with E-state index in [9.17, 15) is 10.1 Å². The summed E-state index contributed by atoms with van der Waals surface area (Å²) in [5, 5.41) is 15.1. The maximum atomic E-state index is 12.4. The van der Waals surface area contributed by atoms with E-state index in [0.717, 1.165) is 16.8 Å². The van der Waals surface area contributed by atoms with Gasteiger partial charge in [-0.1, -0.05) is 48.0 Å². The molecular formula is C20H14ClN3OS. The van der Waals surface area contributed by atoms with Crippen LogP contribution >= 0.6 is 22.9 Å². The summed E-state index contributed by atoms with van der Waals surface area (Å²) in [6, 6.07) is 16.9. The lowest BCUT2D eigenvalue weighted by molar-refractivity contribution is -0.112. The van der Waals surface area contributed by atoms with Crippen molar-refractivity contribution in [3.8, 4) is 17.3 Å². The molecule has 3 aromatic rings. The molecule has 3 rings (SSSR count). The van der Waals surface area contributed by atoms with Crippen LogP contribution in [0.3, 0.4) is 0 Å². The maximum Gasteiger partial charge on any atom is 0.266 e. The molecule has 0 saturated carbocycles. The van der Waals surface area contributed by atoms with Crippen molar-refractivity contribution in [3.05, 3.63) is 75.1 Å². The monoisotopic (exact) mass is 379 g/mol. The first kappa shape index (κ1) is 17.9. The van der Waals surface area contributed by atoms with Crippen molar-refractivity contribution in [1.29, 1.82) is 5.26 Å². The van der Waals surface area contributed by atoms with Gasteiger partial charge in [0.05, 0.1) is 5.69 Å². The van der Waals surface area contributed by atoms with Gasteiger partial charge in [-0.2, -0.15) is 5.26 Å². The molecule has 0 aliphatic carbocycles. The average molecular weight is 380 g/mol. The summed E-state index contributed by atoms with van der Waals surface area (Å²) in [7, 11) is 0. The molecule has 0 radical (unpaired) electrons. The second kappa shape index (κ2) is 7.96. The van der Waals surface area contributed by atoms with Crippen LogP contribution in [0.4, 0.5) is 5.69 Å². The van der Waals surface area contributed by atoms with Gasteiger partial charge in [0.15, 0.2) is 0 Å². The Kier molecular flexibility index (Phi) is 5.47. The van der Waals surface area contributed by atoms with E-state index in [1.54, 1.807) is 25.1 Å². The van der Waals surface area contributed by atoms with E-state index in [2.05, 4.69) is 10.3 Å². The highest BCUT2D eigenvalue weighted by atomic mass is 35.5. The molecule has 128 valence electrons. The van der Waals surface area contributed by atoms with E-state index in [1.165, 1.54) is 17.4 Å². The minimum atomic E-state index is -0.491. The average Bonchev–Trinajstić information content (AvgIpc) is 3.13. The molecular weight excluding hydrogens is 366 g/mol. The standard InChI is InChI=1S/C20H14ClN3OS/c1-13-16(21)8-5-9-17(13)24-20(25)15(11-22)10-19-23-18(12-26-19)14-6-3-2-4-7-14/h2-10,12H,1H3,(H,24,25)/b15-10-. The van der Waals surface area contributed by atoms with Crippen molar-refractivity contribution in [2.75, 3.05) is 5.32 Å². The van der Waals surface area contributed by atoms with Gasteiger partial charge in [-0.3, -0.25) is 4.79 Å². The van der Waals surface area contributed by atoms with Gasteiger partial charge in [-0.25, -0.2) is 4.98 Å². The largest absolute Gasteiger partial charge is 0.321 e. The third kappa shape index (κ3) is 3.99.